The van der Waals surface area contributed by atoms with Crippen LogP contribution in [0.15, 0.2) is 42.6 Å². The Morgan fingerprint density at radius 1 is 1.27 bits per heavy atom. The smallest absolute Gasteiger partial charge is 0 e. The molecule has 0 aliphatic rings. The van der Waals surface area contributed by atoms with Gasteiger partial charge in [-0.2, -0.15) is 36.4 Å². The van der Waals surface area contributed by atoms with Crippen molar-refractivity contribution in [3.63, 3.8) is 0 Å². The molecule has 57 valence electrons. The fraction of sp³-hybridized carbons (Fsp3) is 0. The summed E-state index contributed by atoms with van der Waals surface area (Å²) >= 11 is 0. The van der Waals surface area contributed by atoms with Gasteiger partial charge in [-0.1, -0.05) is 0 Å². The topological polar surface area (TPSA) is 26.0 Å². The Labute approximate surface area is 93.6 Å². The number of benzene rings is 1. The van der Waals surface area contributed by atoms with Gasteiger partial charge in [0.1, 0.15) is 0 Å². The Morgan fingerprint density at radius 3 is 1.73 bits per heavy atom. The van der Waals surface area contributed by atoms with E-state index in [1.807, 2.05) is 30.3 Å². The molecule has 0 aliphatic heterocycles. The molecular weight excluding hydrogens is 211 g/mol. The second-order valence-corrected chi connectivity index (χ2v) is 1.74. The van der Waals surface area contributed by atoms with Crippen LogP contribution in [0.1, 0.15) is 0 Å². The minimum absolute atomic E-state index is 0. The fourth-order valence-electron chi connectivity index (χ4n) is 0.342. The van der Waals surface area contributed by atoms with Crippen LogP contribution in [0.25, 0.3) is 0 Å². The van der Waals surface area contributed by atoms with E-state index in [0.29, 0.717) is 5.70 Å². The second kappa shape index (κ2) is 9.73. The maximum atomic E-state index is 4.81. The molecule has 1 radical (unpaired) electrons. The normalized spacial score (nSPS) is 6.55. The summed E-state index contributed by atoms with van der Waals surface area (Å²) in [4.78, 5) is 0. The van der Waals surface area contributed by atoms with Crippen molar-refractivity contribution in [2.75, 3.05) is 0 Å². The average molecular weight is 222 g/mol. The zero-order valence-corrected chi connectivity index (χ0v) is 9.29. The SMILES string of the molecule is C=C([CH2-])N.[Y].[c-]1ccccc1. The van der Waals surface area contributed by atoms with Gasteiger partial charge in [0.05, 0.1) is 0 Å². The van der Waals surface area contributed by atoms with E-state index in [1.165, 1.54) is 0 Å². The summed E-state index contributed by atoms with van der Waals surface area (Å²) in [6.07, 6.45) is 0. The summed E-state index contributed by atoms with van der Waals surface area (Å²) in [5.41, 5.74) is 5.22. The molecule has 1 rings (SSSR count). The first-order valence-electron chi connectivity index (χ1n) is 2.91. The molecule has 0 unspecified atom stereocenters. The van der Waals surface area contributed by atoms with Gasteiger partial charge in [-0.05, 0) is 0 Å². The molecule has 1 aromatic carbocycles. The third kappa shape index (κ3) is 17.7. The molecule has 0 fully saturated rings. The Hall–Kier alpha value is -0.266. The fourth-order valence-corrected chi connectivity index (χ4v) is 0.342. The molecule has 0 aliphatic carbocycles. The summed E-state index contributed by atoms with van der Waals surface area (Å²) in [6, 6.07) is 12.5. The zero-order chi connectivity index (χ0) is 7.82. The summed E-state index contributed by atoms with van der Waals surface area (Å²) in [5.74, 6) is 0. The largest absolute Gasteiger partial charge is 0.431 e. The van der Waals surface area contributed by atoms with Crippen molar-refractivity contribution in [3.05, 3.63) is 55.6 Å². The summed E-state index contributed by atoms with van der Waals surface area (Å²) < 4.78 is 0. The Kier molecular flexibility index (Phi) is 11.8. The first-order valence-corrected chi connectivity index (χ1v) is 2.91. The van der Waals surface area contributed by atoms with Crippen LogP contribution in [0, 0.1) is 13.0 Å². The van der Waals surface area contributed by atoms with E-state index < -0.39 is 0 Å². The summed E-state index contributed by atoms with van der Waals surface area (Å²) in [7, 11) is 0. The molecule has 0 bridgehead atoms. The van der Waals surface area contributed by atoms with E-state index in [4.69, 9.17) is 5.73 Å². The Morgan fingerprint density at radius 2 is 1.64 bits per heavy atom. The molecule has 0 heterocycles. The predicted molar refractivity (Wildman–Crippen MR) is 44.0 cm³/mol. The third-order valence-corrected chi connectivity index (χ3v) is 0.607. The molecule has 1 aromatic rings. The average Bonchev–Trinajstić information content (AvgIpc) is 1.90. The maximum Gasteiger partial charge on any atom is 0 e. The van der Waals surface area contributed by atoms with Gasteiger partial charge in [-0.25, -0.2) is 13.5 Å². The van der Waals surface area contributed by atoms with Crippen LogP contribution in [0.2, 0.25) is 0 Å². The van der Waals surface area contributed by atoms with Gasteiger partial charge in [0.25, 0.3) is 0 Å². The van der Waals surface area contributed by atoms with Crippen LogP contribution >= 0.6 is 0 Å². The molecule has 0 amide bonds. The first kappa shape index (κ1) is 13.3. The van der Waals surface area contributed by atoms with Crippen LogP contribution in [0.4, 0.5) is 0 Å². The summed E-state index contributed by atoms with van der Waals surface area (Å²) in [5, 5.41) is 0. The number of rotatable bonds is 0. The van der Waals surface area contributed by atoms with Crippen molar-refractivity contribution in [2.24, 2.45) is 5.73 Å². The van der Waals surface area contributed by atoms with Gasteiger partial charge >= 0.3 is 0 Å². The molecule has 0 saturated heterocycles. The molecule has 11 heavy (non-hydrogen) atoms. The minimum atomic E-state index is 0. The molecule has 2 heteroatoms. The van der Waals surface area contributed by atoms with E-state index in [0.717, 1.165) is 0 Å². The quantitative estimate of drug-likeness (QED) is 0.665. The number of allylic oxidation sites excluding steroid dienone is 1. The molecule has 2 N–H and O–H groups in total. The Bertz CT molecular complexity index is 141. The molecule has 0 saturated carbocycles. The molecule has 0 spiro atoms. The van der Waals surface area contributed by atoms with E-state index in [2.05, 4.69) is 19.6 Å². The Balaban J connectivity index is 0. The van der Waals surface area contributed by atoms with Gasteiger partial charge in [0.15, 0.2) is 0 Å². The van der Waals surface area contributed by atoms with Gasteiger partial charge < -0.3 is 5.73 Å². The molecule has 0 atom stereocenters. The maximum absolute atomic E-state index is 4.81. The molecule has 1 nitrogen and oxygen atoms in total. The van der Waals surface area contributed by atoms with Crippen LogP contribution in [-0.2, 0) is 32.7 Å². The van der Waals surface area contributed by atoms with Gasteiger partial charge in [0.2, 0.25) is 0 Å². The van der Waals surface area contributed by atoms with Gasteiger partial charge in [-0.3, -0.25) is 0 Å². The molecular formula is C9H11NY-2. The van der Waals surface area contributed by atoms with Crippen LogP contribution < -0.4 is 5.73 Å². The van der Waals surface area contributed by atoms with E-state index in [9.17, 15) is 0 Å². The van der Waals surface area contributed by atoms with Gasteiger partial charge in [-0.15, -0.1) is 5.70 Å². The van der Waals surface area contributed by atoms with E-state index in [-0.39, 0.29) is 32.7 Å². The van der Waals surface area contributed by atoms with Crippen molar-refractivity contribution in [1.29, 1.82) is 0 Å². The van der Waals surface area contributed by atoms with E-state index in [1.54, 1.807) is 0 Å². The number of hydrogen-bond donors (Lipinski definition) is 1. The van der Waals surface area contributed by atoms with Crippen LogP contribution in [0.5, 0.6) is 0 Å². The first-order chi connectivity index (χ1) is 4.73. The van der Waals surface area contributed by atoms with Crippen LogP contribution in [-0.4, -0.2) is 0 Å². The molecule has 0 aromatic heterocycles. The van der Waals surface area contributed by atoms with Gasteiger partial charge in [0, 0.05) is 32.7 Å². The third-order valence-electron chi connectivity index (χ3n) is 0.607. The van der Waals surface area contributed by atoms with Crippen molar-refractivity contribution < 1.29 is 32.7 Å². The number of hydrogen-bond acceptors (Lipinski definition) is 1. The van der Waals surface area contributed by atoms with E-state index >= 15 is 0 Å². The van der Waals surface area contributed by atoms with Crippen molar-refractivity contribution in [3.8, 4) is 0 Å². The minimum Gasteiger partial charge on any atom is -0.431 e. The standard InChI is InChI=1S/C6H5.C3H6N.Y/c1-2-4-6-5-3-1;1-3(2)4;/h1-5H;1-2,4H2;/q2*-1;. The van der Waals surface area contributed by atoms with Crippen molar-refractivity contribution >= 4 is 0 Å². The predicted octanol–water partition coefficient (Wildman–Crippen LogP) is 1.78. The van der Waals surface area contributed by atoms with Crippen molar-refractivity contribution in [1.82, 2.24) is 0 Å². The van der Waals surface area contributed by atoms with Crippen LogP contribution in [0.3, 0.4) is 0 Å². The van der Waals surface area contributed by atoms with Crippen molar-refractivity contribution in [2.45, 2.75) is 0 Å². The monoisotopic (exact) mass is 222 g/mol. The number of nitrogens with two attached hydrogens (primary N) is 1. The zero-order valence-electron chi connectivity index (χ0n) is 6.46. The summed E-state index contributed by atoms with van der Waals surface area (Å²) in [6.45, 7) is 6.44. The second-order valence-electron chi connectivity index (χ2n) is 1.74.